The second-order valence-electron chi connectivity index (χ2n) is 6.48. The number of piperidine rings is 1. The van der Waals surface area contributed by atoms with E-state index in [4.69, 9.17) is 4.74 Å². The number of nitrogens with one attached hydrogen (secondary N) is 1. The van der Waals surface area contributed by atoms with Crippen LogP contribution in [0.3, 0.4) is 0 Å². The Bertz CT molecular complexity index is 310. The van der Waals surface area contributed by atoms with E-state index >= 15 is 0 Å². The van der Waals surface area contributed by atoms with E-state index in [0.717, 1.165) is 52.1 Å². The Labute approximate surface area is 140 Å². The lowest BCUT2D eigenvalue weighted by Gasteiger charge is -2.40. The van der Waals surface area contributed by atoms with Crippen LogP contribution in [0.15, 0.2) is 0 Å². The predicted molar refractivity (Wildman–Crippen MR) is 89.8 cm³/mol. The molecule has 0 aliphatic carbocycles. The normalized spacial score (nSPS) is 21.2. The van der Waals surface area contributed by atoms with Crippen LogP contribution in [0.4, 0.5) is 4.79 Å². The molecule has 0 radical (unpaired) electrons. The molecule has 126 valence electrons. The van der Waals surface area contributed by atoms with Gasteiger partial charge >= 0.3 is 6.09 Å². The summed E-state index contributed by atoms with van der Waals surface area (Å²) in [7, 11) is 0. The zero-order valence-electron chi connectivity index (χ0n) is 13.3. The molecule has 0 aromatic heterocycles. The number of halogens is 2. The summed E-state index contributed by atoms with van der Waals surface area (Å²) in [6, 6.07) is 0.640. The topological polar surface area (TPSA) is 44.8 Å². The monoisotopic (exact) mass is 341 g/mol. The number of carbonyl (C=O) groups is 1. The number of hydrogen-bond acceptors (Lipinski definition) is 4. The van der Waals surface area contributed by atoms with Gasteiger partial charge in [-0.3, -0.25) is 4.90 Å². The number of hydrogen-bond donors (Lipinski definition) is 1. The van der Waals surface area contributed by atoms with E-state index < -0.39 is 5.60 Å². The van der Waals surface area contributed by atoms with Gasteiger partial charge in [-0.2, -0.15) is 0 Å². The quantitative estimate of drug-likeness (QED) is 0.793. The fourth-order valence-electron chi connectivity index (χ4n) is 2.79. The van der Waals surface area contributed by atoms with Crippen molar-refractivity contribution in [2.45, 2.75) is 45.3 Å². The molecule has 2 fully saturated rings. The summed E-state index contributed by atoms with van der Waals surface area (Å²) in [5.41, 5.74) is -0.396. The number of nitrogens with zero attached hydrogens (tertiary/aromatic N) is 2. The van der Waals surface area contributed by atoms with Crippen LogP contribution in [-0.2, 0) is 4.74 Å². The highest BCUT2D eigenvalue weighted by Crippen LogP contribution is 2.19. The summed E-state index contributed by atoms with van der Waals surface area (Å²) in [5, 5.41) is 3.38. The second-order valence-corrected chi connectivity index (χ2v) is 6.48. The maximum atomic E-state index is 12.0. The Morgan fingerprint density at radius 1 is 1.05 bits per heavy atom. The van der Waals surface area contributed by atoms with Gasteiger partial charge in [0.2, 0.25) is 0 Å². The van der Waals surface area contributed by atoms with Crippen molar-refractivity contribution >= 4 is 30.9 Å². The van der Waals surface area contributed by atoms with Crippen molar-refractivity contribution in [3.05, 3.63) is 0 Å². The zero-order valence-corrected chi connectivity index (χ0v) is 14.9. The molecule has 2 heterocycles. The summed E-state index contributed by atoms with van der Waals surface area (Å²) in [6.07, 6.45) is 1.98. The molecule has 2 aliphatic rings. The first-order valence-electron chi connectivity index (χ1n) is 7.38. The highest BCUT2D eigenvalue weighted by Gasteiger charge is 2.29. The third-order valence-electron chi connectivity index (χ3n) is 3.78. The van der Waals surface area contributed by atoms with Crippen molar-refractivity contribution in [3.63, 3.8) is 0 Å². The van der Waals surface area contributed by atoms with E-state index in [1.54, 1.807) is 0 Å². The molecule has 1 N–H and O–H groups in total. The van der Waals surface area contributed by atoms with Crippen molar-refractivity contribution in [2.75, 3.05) is 39.3 Å². The van der Waals surface area contributed by atoms with Gasteiger partial charge in [0.25, 0.3) is 0 Å². The Kier molecular flexibility index (Phi) is 8.93. The Morgan fingerprint density at radius 2 is 1.57 bits per heavy atom. The Balaban J connectivity index is 0.00000200. The van der Waals surface area contributed by atoms with Crippen molar-refractivity contribution < 1.29 is 9.53 Å². The molecule has 0 spiro atoms. The first-order chi connectivity index (χ1) is 8.96. The van der Waals surface area contributed by atoms with Crippen LogP contribution in [0, 0.1) is 0 Å². The molecule has 0 aromatic rings. The summed E-state index contributed by atoms with van der Waals surface area (Å²) >= 11 is 0. The van der Waals surface area contributed by atoms with Crippen molar-refractivity contribution in [2.24, 2.45) is 0 Å². The fraction of sp³-hybridized carbons (Fsp3) is 0.929. The van der Waals surface area contributed by atoms with Gasteiger partial charge in [0.05, 0.1) is 0 Å². The van der Waals surface area contributed by atoms with E-state index in [1.807, 2.05) is 25.7 Å². The Morgan fingerprint density at radius 3 is 2.05 bits per heavy atom. The van der Waals surface area contributed by atoms with Crippen LogP contribution in [-0.4, -0.2) is 66.8 Å². The van der Waals surface area contributed by atoms with Crippen LogP contribution in [0.1, 0.15) is 33.6 Å². The van der Waals surface area contributed by atoms with E-state index in [1.165, 1.54) is 0 Å². The number of piperazine rings is 1. The van der Waals surface area contributed by atoms with Crippen LogP contribution >= 0.6 is 24.8 Å². The summed E-state index contributed by atoms with van der Waals surface area (Å²) in [5.74, 6) is 0. The van der Waals surface area contributed by atoms with Crippen LogP contribution in [0.5, 0.6) is 0 Å². The van der Waals surface area contributed by atoms with E-state index in [2.05, 4.69) is 10.2 Å². The van der Waals surface area contributed by atoms with Crippen molar-refractivity contribution in [1.29, 1.82) is 0 Å². The third-order valence-corrected chi connectivity index (χ3v) is 3.78. The standard InChI is InChI=1S/C14H27N3O2.2ClH/c1-14(2,3)19-13(18)17-8-4-12(5-9-17)16-10-6-15-7-11-16;;/h12,15H,4-11H2,1-3H3;2*1H. The first kappa shape index (κ1) is 20.8. The molecule has 0 aromatic carbocycles. The summed E-state index contributed by atoms with van der Waals surface area (Å²) in [4.78, 5) is 16.4. The average molecular weight is 342 g/mol. The van der Waals surface area contributed by atoms with Gasteiger partial charge in [0.1, 0.15) is 5.60 Å². The molecule has 1 amide bonds. The van der Waals surface area contributed by atoms with Gasteiger partial charge in [-0.25, -0.2) is 4.79 Å². The maximum Gasteiger partial charge on any atom is 0.410 e. The Hall–Kier alpha value is -0.230. The minimum Gasteiger partial charge on any atom is -0.444 e. The number of ether oxygens (including phenoxy) is 1. The van der Waals surface area contributed by atoms with Crippen molar-refractivity contribution in [3.8, 4) is 0 Å². The molecule has 5 nitrogen and oxygen atoms in total. The zero-order chi connectivity index (χ0) is 13.9. The minimum absolute atomic E-state index is 0. The predicted octanol–water partition coefficient (Wildman–Crippen LogP) is 2.13. The molecule has 0 bridgehead atoms. The molecule has 0 atom stereocenters. The lowest BCUT2D eigenvalue weighted by Crippen LogP contribution is -2.53. The second kappa shape index (κ2) is 9.03. The molecular weight excluding hydrogens is 313 g/mol. The number of rotatable bonds is 1. The van der Waals surface area contributed by atoms with Gasteiger partial charge in [-0.15, -0.1) is 24.8 Å². The largest absolute Gasteiger partial charge is 0.444 e. The first-order valence-corrected chi connectivity index (χ1v) is 7.38. The summed E-state index contributed by atoms with van der Waals surface area (Å²) < 4.78 is 5.42. The number of likely N-dealkylation sites (tertiary alicyclic amines) is 1. The molecule has 0 unspecified atom stereocenters. The molecule has 2 saturated heterocycles. The smallest absolute Gasteiger partial charge is 0.410 e. The molecular formula is C14H29Cl2N3O2. The van der Waals surface area contributed by atoms with Gasteiger partial charge in [-0.1, -0.05) is 0 Å². The van der Waals surface area contributed by atoms with Gasteiger partial charge in [-0.05, 0) is 33.6 Å². The van der Waals surface area contributed by atoms with Gasteiger partial charge in [0.15, 0.2) is 0 Å². The average Bonchev–Trinajstić information content (AvgIpc) is 2.38. The SMILES string of the molecule is CC(C)(C)OC(=O)N1CCC(N2CCNCC2)CC1.Cl.Cl. The lowest BCUT2D eigenvalue weighted by atomic mass is 10.0. The van der Waals surface area contributed by atoms with E-state index in [9.17, 15) is 4.79 Å². The van der Waals surface area contributed by atoms with Crippen molar-refractivity contribution in [1.82, 2.24) is 15.1 Å². The van der Waals surface area contributed by atoms with Gasteiger partial charge in [0, 0.05) is 45.3 Å². The third kappa shape index (κ3) is 6.59. The molecule has 2 aliphatic heterocycles. The molecule has 2 rings (SSSR count). The summed E-state index contributed by atoms with van der Waals surface area (Å²) in [6.45, 7) is 11.8. The van der Waals surface area contributed by atoms with Crippen LogP contribution in [0.25, 0.3) is 0 Å². The molecule has 0 saturated carbocycles. The highest BCUT2D eigenvalue weighted by molar-refractivity contribution is 5.85. The minimum atomic E-state index is -0.396. The maximum absolute atomic E-state index is 12.0. The highest BCUT2D eigenvalue weighted by atomic mass is 35.5. The number of amides is 1. The molecule has 7 heteroatoms. The van der Waals surface area contributed by atoms with Gasteiger partial charge < -0.3 is 15.0 Å². The lowest BCUT2D eigenvalue weighted by molar-refractivity contribution is 0.0136. The number of carbonyl (C=O) groups excluding carboxylic acids is 1. The van der Waals surface area contributed by atoms with E-state index in [0.29, 0.717) is 6.04 Å². The molecule has 21 heavy (non-hydrogen) atoms. The van der Waals surface area contributed by atoms with E-state index in [-0.39, 0.29) is 30.9 Å². The van der Waals surface area contributed by atoms with Crippen LogP contribution in [0.2, 0.25) is 0 Å². The fourth-order valence-corrected chi connectivity index (χ4v) is 2.79. The van der Waals surface area contributed by atoms with Crippen LogP contribution < -0.4 is 5.32 Å².